The van der Waals surface area contributed by atoms with Gasteiger partial charge in [0.2, 0.25) is 0 Å². The molecule has 1 aromatic heterocycles. The molecule has 0 bridgehead atoms. The fraction of sp³-hybridized carbons (Fsp3) is 0.200. The van der Waals surface area contributed by atoms with E-state index in [1.165, 1.54) is 22.3 Å². The second-order valence-electron chi connectivity index (χ2n) is 6.34. The molecule has 27 heavy (non-hydrogen) atoms. The molecule has 1 aromatic carbocycles. The van der Waals surface area contributed by atoms with E-state index in [-0.39, 0.29) is 0 Å². The minimum atomic E-state index is 1.03. The van der Waals surface area contributed by atoms with Gasteiger partial charge in [0.1, 0.15) is 0 Å². The van der Waals surface area contributed by atoms with Crippen molar-refractivity contribution in [3.63, 3.8) is 0 Å². The molecule has 1 heterocycles. The van der Waals surface area contributed by atoms with Gasteiger partial charge in [-0.05, 0) is 57.0 Å². The van der Waals surface area contributed by atoms with E-state index in [0.717, 1.165) is 17.1 Å². The molecule has 0 spiro atoms. The number of hydrogen-bond acceptors (Lipinski definition) is 2. The molecule has 1 aliphatic carbocycles. The van der Waals surface area contributed by atoms with Crippen LogP contribution in [0.4, 0.5) is 0 Å². The average molecular weight is 357 g/mol. The fourth-order valence-electron chi connectivity index (χ4n) is 2.69. The lowest BCUT2D eigenvalue weighted by Crippen LogP contribution is -1.98. The van der Waals surface area contributed by atoms with E-state index in [4.69, 9.17) is 0 Å². The summed E-state index contributed by atoms with van der Waals surface area (Å²) >= 11 is 0. The molecule has 0 N–H and O–H groups in total. The first-order valence-electron chi connectivity index (χ1n) is 9.24. The van der Waals surface area contributed by atoms with Gasteiger partial charge in [-0.15, -0.1) is 0 Å². The van der Waals surface area contributed by atoms with Crippen LogP contribution in [0.1, 0.15) is 30.7 Å². The summed E-state index contributed by atoms with van der Waals surface area (Å²) in [5.41, 5.74) is 7.99. The first kappa shape index (κ1) is 20.3. The average Bonchev–Trinajstić information content (AvgIpc) is 2.71. The molecule has 0 saturated carbocycles. The number of aryl methyl sites for hydroxylation is 2. The molecular formula is C25H28N2. The Morgan fingerprint density at radius 3 is 2.19 bits per heavy atom. The number of rotatable bonds is 2. The number of aromatic nitrogens is 1. The Balaban J connectivity index is 0.000000223. The van der Waals surface area contributed by atoms with Gasteiger partial charge in [-0.2, -0.15) is 0 Å². The number of hydrogen-bond donors (Lipinski definition) is 0. The second-order valence-corrected chi connectivity index (χ2v) is 6.34. The molecule has 138 valence electrons. The van der Waals surface area contributed by atoms with Crippen LogP contribution in [0, 0.1) is 13.8 Å². The number of nitrogens with zero attached hydrogens (tertiary/aromatic N) is 2. The zero-order valence-electron chi connectivity index (χ0n) is 16.9. The van der Waals surface area contributed by atoms with Crippen molar-refractivity contribution in [3.05, 3.63) is 95.2 Å². The highest BCUT2D eigenvalue weighted by Crippen LogP contribution is 2.20. The third-order valence-electron chi connectivity index (χ3n) is 4.30. The zero-order chi connectivity index (χ0) is 19.6. The van der Waals surface area contributed by atoms with Crippen molar-refractivity contribution in [1.29, 1.82) is 0 Å². The van der Waals surface area contributed by atoms with Gasteiger partial charge in [0.25, 0.3) is 0 Å². The second kappa shape index (κ2) is 10.2. The van der Waals surface area contributed by atoms with Crippen LogP contribution in [0.15, 0.2) is 83.4 Å². The maximum Gasteiger partial charge on any atom is 0.0709 e. The Morgan fingerprint density at radius 1 is 0.889 bits per heavy atom. The normalized spacial score (nSPS) is 16.0. The molecule has 0 aliphatic heterocycles. The summed E-state index contributed by atoms with van der Waals surface area (Å²) in [5, 5.41) is 0. The van der Waals surface area contributed by atoms with Crippen LogP contribution in [-0.2, 0) is 0 Å². The lowest BCUT2D eigenvalue weighted by Gasteiger charge is -2.05. The minimum Gasteiger partial charge on any atom is -0.288 e. The quantitative estimate of drug-likeness (QED) is 0.600. The molecule has 3 rings (SSSR count). The minimum absolute atomic E-state index is 1.03. The maximum absolute atomic E-state index is 4.68. The fourth-order valence-corrected chi connectivity index (χ4v) is 2.69. The molecule has 0 fully saturated rings. The van der Waals surface area contributed by atoms with Crippen LogP contribution in [0.3, 0.4) is 0 Å². The third kappa shape index (κ3) is 5.75. The van der Waals surface area contributed by atoms with Crippen LogP contribution < -0.4 is 0 Å². The van der Waals surface area contributed by atoms with E-state index in [0.29, 0.717) is 0 Å². The standard InChI is InChI=1S/C16H17N.C9H11N/c1-4-5-15-13(3)8-11-16(17-15)14-9-6-12(2)7-10-14;1-3-8-6-4-5-7-9(8)10-2/h4-11H,1-3H3;3-7H,1-2H3/b5-4-;8-3-,10-9?. The van der Waals surface area contributed by atoms with Crippen LogP contribution in [0.5, 0.6) is 0 Å². The van der Waals surface area contributed by atoms with E-state index < -0.39 is 0 Å². The predicted octanol–water partition coefficient (Wildman–Crippen LogP) is 6.53. The van der Waals surface area contributed by atoms with Crippen LogP contribution in [-0.4, -0.2) is 17.7 Å². The number of benzene rings is 1. The highest BCUT2D eigenvalue weighted by atomic mass is 14.7. The molecule has 1 aliphatic rings. The maximum atomic E-state index is 4.68. The lowest BCUT2D eigenvalue weighted by atomic mass is 10.1. The first-order valence-corrected chi connectivity index (χ1v) is 9.24. The molecule has 0 radical (unpaired) electrons. The summed E-state index contributed by atoms with van der Waals surface area (Å²) in [7, 11) is 1.81. The van der Waals surface area contributed by atoms with Crippen molar-refractivity contribution < 1.29 is 0 Å². The summed E-state index contributed by atoms with van der Waals surface area (Å²) in [4.78, 5) is 8.79. The number of pyridine rings is 1. The molecular weight excluding hydrogens is 328 g/mol. The van der Waals surface area contributed by atoms with Crippen LogP contribution in [0.2, 0.25) is 0 Å². The molecule has 0 unspecified atom stereocenters. The van der Waals surface area contributed by atoms with E-state index in [2.05, 4.69) is 72.4 Å². The van der Waals surface area contributed by atoms with Gasteiger partial charge in [-0.1, -0.05) is 66.3 Å². The summed E-state index contributed by atoms with van der Waals surface area (Å²) in [6.45, 7) is 8.21. The highest BCUT2D eigenvalue weighted by molar-refractivity contribution is 6.11. The van der Waals surface area contributed by atoms with Gasteiger partial charge in [0.05, 0.1) is 17.1 Å². The molecule has 0 saturated heterocycles. The van der Waals surface area contributed by atoms with Crippen LogP contribution >= 0.6 is 0 Å². The third-order valence-corrected chi connectivity index (χ3v) is 4.30. The first-order chi connectivity index (χ1) is 13.1. The van der Waals surface area contributed by atoms with Crippen molar-refractivity contribution in [2.45, 2.75) is 27.7 Å². The Bertz CT molecular complexity index is 882. The monoisotopic (exact) mass is 356 g/mol. The van der Waals surface area contributed by atoms with Crippen molar-refractivity contribution in [3.8, 4) is 11.3 Å². The molecule has 2 nitrogen and oxygen atoms in total. The van der Waals surface area contributed by atoms with E-state index in [1.54, 1.807) is 0 Å². The largest absolute Gasteiger partial charge is 0.288 e. The van der Waals surface area contributed by atoms with Gasteiger partial charge >= 0.3 is 0 Å². The summed E-state index contributed by atoms with van der Waals surface area (Å²) in [6, 6.07) is 12.7. The van der Waals surface area contributed by atoms with Crippen LogP contribution in [0.25, 0.3) is 17.3 Å². The smallest absolute Gasteiger partial charge is 0.0709 e. The highest BCUT2D eigenvalue weighted by Gasteiger charge is 2.02. The summed E-state index contributed by atoms with van der Waals surface area (Å²) in [6.07, 6.45) is 14.2. The van der Waals surface area contributed by atoms with Crippen molar-refractivity contribution in [2.24, 2.45) is 4.99 Å². The number of allylic oxidation sites excluding steroid dienone is 7. The summed E-state index contributed by atoms with van der Waals surface area (Å²) < 4.78 is 0. The Hall–Kier alpha value is -3.00. The van der Waals surface area contributed by atoms with Crippen molar-refractivity contribution in [1.82, 2.24) is 4.98 Å². The molecule has 0 amide bonds. The Morgan fingerprint density at radius 2 is 1.59 bits per heavy atom. The number of aliphatic imine (C=N–C) groups is 1. The van der Waals surface area contributed by atoms with Gasteiger partial charge in [0, 0.05) is 12.6 Å². The summed E-state index contributed by atoms with van der Waals surface area (Å²) in [5.74, 6) is 0. The lowest BCUT2D eigenvalue weighted by molar-refractivity contribution is 1.24. The van der Waals surface area contributed by atoms with Crippen molar-refractivity contribution in [2.75, 3.05) is 7.05 Å². The van der Waals surface area contributed by atoms with Gasteiger partial charge in [-0.25, -0.2) is 4.98 Å². The van der Waals surface area contributed by atoms with E-state index >= 15 is 0 Å². The van der Waals surface area contributed by atoms with E-state index in [1.807, 2.05) is 51.3 Å². The Kier molecular flexibility index (Phi) is 7.69. The Labute approximate surface area is 163 Å². The van der Waals surface area contributed by atoms with Crippen molar-refractivity contribution >= 4 is 11.8 Å². The molecule has 0 atom stereocenters. The SMILES string of the molecule is C/C=C1/C=CC=CC1=NC.C/C=C\c1nc(-c2ccc(C)cc2)ccc1C. The van der Waals surface area contributed by atoms with Gasteiger partial charge < -0.3 is 0 Å². The zero-order valence-corrected chi connectivity index (χ0v) is 16.9. The molecule has 2 aromatic rings. The van der Waals surface area contributed by atoms with Gasteiger partial charge in [-0.3, -0.25) is 4.99 Å². The topological polar surface area (TPSA) is 25.2 Å². The van der Waals surface area contributed by atoms with E-state index in [9.17, 15) is 0 Å². The molecule has 2 heteroatoms. The predicted molar refractivity (Wildman–Crippen MR) is 119 cm³/mol. The van der Waals surface area contributed by atoms with Gasteiger partial charge in [0.15, 0.2) is 0 Å².